The predicted molar refractivity (Wildman–Crippen MR) is 82.6 cm³/mol. The summed E-state index contributed by atoms with van der Waals surface area (Å²) in [5, 5.41) is 3.32. The van der Waals surface area contributed by atoms with Gasteiger partial charge in [0.2, 0.25) is 5.28 Å². The first-order valence-corrected chi connectivity index (χ1v) is 7.00. The summed E-state index contributed by atoms with van der Waals surface area (Å²) in [7, 11) is 5.08. The number of benzene rings is 1. The zero-order valence-corrected chi connectivity index (χ0v) is 13.1. The Hall–Kier alpha value is -2.01. The van der Waals surface area contributed by atoms with E-state index in [1.807, 2.05) is 19.2 Å². The van der Waals surface area contributed by atoms with Crippen LogP contribution in [0.25, 0.3) is 11.3 Å². The van der Waals surface area contributed by atoms with E-state index >= 15 is 0 Å². The zero-order valence-electron chi connectivity index (χ0n) is 12.3. The molecule has 0 aliphatic heterocycles. The number of ether oxygens (including phenoxy) is 2. The molecule has 0 amide bonds. The van der Waals surface area contributed by atoms with Gasteiger partial charge >= 0.3 is 0 Å². The van der Waals surface area contributed by atoms with Gasteiger partial charge in [0.15, 0.2) is 11.5 Å². The van der Waals surface area contributed by atoms with Gasteiger partial charge in [-0.15, -0.1) is 0 Å². The Morgan fingerprint density at radius 3 is 2.43 bits per heavy atom. The number of halogens is 1. The van der Waals surface area contributed by atoms with Gasteiger partial charge in [-0.2, -0.15) is 0 Å². The summed E-state index contributed by atoms with van der Waals surface area (Å²) in [4.78, 5) is 8.67. The molecule has 1 unspecified atom stereocenters. The molecule has 1 aromatic heterocycles. The topological polar surface area (TPSA) is 56.3 Å². The number of hydrogen-bond donors (Lipinski definition) is 1. The van der Waals surface area contributed by atoms with E-state index in [-0.39, 0.29) is 11.2 Å². The van der Waals surface area contributed by atoms with E-state index in [1.165, 1.54) is 0 Å². The van der Waals surface area contributed by atoms with Crippen molar-refractivity contribution in [3.63, 3.8) is 0 Å². The second kappa shape index (κ2) is 5.07. The van der Waals surface area contributed by atoms with E-state index in [1.54, 1.807) is 14.2 Å². The predicted octanol–water partition coefficient (Wildman–Crippen LogP) is 3.32. The number of fused-ring (bicyclic) bond motifs is 3. The third kappa shape index (κ3) is 2.00. The van der Waals surface area contributed by atoms with E-state index in [0.29, 0.717) is 11.5 Å². The van der Waals surface area contributed by atoms with E-state index in [4.69, 9.17) is 21.1 Å². The number of hydrogen-bond acceptors (Lipinski definition) is 5. The fourth-order valence-electron chi connectivity index (χ4n) is 2.86. The normalized spacial score (nSPS) is 15.4. The summed E-state index contributed by atoms with van der Waals surface area (Å²) in [6.07, 6.45) is 0. The van der Waals surface area contributed by atoms with Crippen LogP contribution in [0.2, 0.25) is 5.28 Å². The summed E-state index contributed by atoms with van der Waals surface area (Å²) >= 11 is 6.04. The number of nitrogens with one attached hydrogen (secondary N) is 1. The molecule has 1 atom stereocenters. The Morgan fingerprint density at radius 1 is 1.14 bits per heavy atom. The van der Waals surface area contributed by atoms with Crippen molar-refractivity contribution in [3.8, 4) is 22.8 Å². The smallest absolute Gasteiger partial charge is 0.224 e. The van der Waals surface area contributed by atoms with Crippen molar-refractivity contribution in [3.05, 3.63) is 28.5 Å². The van der Waals surface area contributed by atoms with Gasteiger partial charge < -0.3 is 14.8 Å². The highest BCUT2D eigenvalue weighted by Gasteiger charge is 2.32. The lowest BCUT2D eigenvalue weighted by Gasteiger charge is -2.12. The summed E-state index contributed by atoms with van der Waals surface area (Å²) in [6.45, 7) is 2.12. The highest BCUT2D eigenvalue weighted by molar-refractivity contribution is 6.28. The zero-order chi connectivity index (χ0) is 15.1. The van der Waals surface area contributed by atoms with Gasteiger partial charge in [0.05, 0.1) is 19.9 Å². The Balaban J connectivity index is 2.29. The van der Waals surface area contributed by atoms with Gasteiger partial charge in [0.1, 0.15) is 5.82 Å². The number of anilines is 1. The van der Waals surface area contributed by atoms with Crippen molar-refractivity contribution in [2.24, 2.45) is 0 Å². The molecule has 1 heterocycles. The minimum Gasteiger partial charge on any atom is -0.493 e. The fraction of sp³-hybridized carbons (Fsp3) is 0.333. The highest BCUT2D eigenvalue weighted by Crippen LogP contribution is 2.49. The Bertz CT molecular complexity index is 719. The van der Waals surface area contributed by atoms with Crippen LogP contribution in [0, 0.1) is 0 Å². The molecule has 2 aromatic rings. The molecule has 0 fully saturated rings. The molecule has 3 rings (SSSR count). The van der Waals surface area contributed by atoms with E-state index in [9.17, 15) is 0 Å². The Kier molecular flexibility index (Phi) is 3.37. The van der Waals surface area contributed by atoms with Crippen LogP contribution in [-0.4, -0.2) is 31.2 Å². The Morgan fingerprint density at radius 2 is 1.81 bits per heavy atom. The number of nitrogens with zero attached hydrogens (tertiary/aromatic N) is 2. The highest BCUT2D eigenvalue weighted by atomic mass is 35.5. The molecule has 5 nitrogen and oxygen atoms in total. The van der Waals surface area contributed by atoms with Crippen molar-refractivity contribution < 1.29 is 9.47 Å². The molecule has 1 aliphatic rings. The second-order valence-electron chi connectivity index (χ2n) is 4.87. The van der Waals surface area contributed by atoms with Gasteiger partial charge in [0, 0.05) is 24.1 Å². The van der Waals surface area contributed by atoms with Crippen LogP contribution >= 0.6 is 11.6 Å². The molecule has 0 saturated carbocycles. The monoisotopic (exact) mass is 305 g/mol. The summed E-state index contributed by atoms with van der Waals surface area (Å²) in [6, 6.07) is 3.94. The van der Waals surface area contributed by atoms with E-state index in [2.05, 4.69) is 22.2 Å². The third-order valence-electron chi connectivity index (χ3n) is 3.87. The van der Waals surface area contributed by atoms with Gasteiger partial charge in [-0.1, -0.05) is 6.92 Å². The maximum Gasteiger partial charge on any atom is 0.224 e. The molecule has 0 bridgehead atoms. The van der Waals surface area contributed by atoms with Crippen LogP contribution in [0.5, 0.6) is 11.5 Å². The third-order valence-corrected chi connectivity index (χ3v) is 4.03. The lowest BCUT2D eigenvalue weighted by molar-refractivity contribution is 0.354. The molecule has 0 radical (unpaired) electrons. The van der Waals surface area contributed by atoms with Crippen molar-refractivity contribution in [1.82, 2.24) is 9.97 Å². The first-order chi connectivity index (χ1) is 10.1. The molecular formula is C15H16ClN3O2. The van der Waals surface area contributed by atoms with Crippen LogP contribution in [0.4, 0.5) is 5.82 Å². The van der Waals surface area contributed by atoms with Crippen LogP contribution in [0.1, 0.15) is 24.0 Å². The summed E-state index contributed by atoms with van der Waals surface area (Å²) in [5.41, 5.74) is 4.04. The maximum atomic E-state index is 6.04. The fourth-order valence-corrected chi connectivity index (χ4v) is 3.03. The van der Waals surface area contributed by atoms with Gasteiger partial charge in [-0.25, -0.2) is 9.97 Å². The van der Waals surface area contributed by atoms with Crippen molar-refractivity contribution in [2.45, 2.75) is 12.8 Å². The standard InChI is InChI=1S/C15H16ClN3O2/c1-7-8-5-10(20-3)11(21-4)6-9(8)13-12(7)14(17-2)19-15(16)18-13/h5-7H,1-4H3,(H,17,18,19). The Labute approximate surface area is 128 Å². The maximum absolute atomic E-state index is 6.04. The molecule has 1 N–H and O–H groups in total. The molecular weight excluding hydrogens is 290 g/mol. The minimum absolute atomic E-state index is 0.162. The summed E-state index contributed by atoms with van der Waals surface area (Å²) < 4.78 is 10.8. The first-order valence-electron chi connectivity index (χ1n) is 6.62. The van der Waals surface area contributed by atoms with Crippen LogP contribution < -0.4 is 14.8 Å². The average Bonchev–Trinajstić information content (AvgIpc) is 2.77. The molecule has 0 spiro atoms. The second-order valence-corrected chi connectivity index (χ2v) is 5.21. The van der Waals surface area contributed by atoms with Gasteiger partial charge in [0.25, 0.3) is 0 Å². The van der Waals surface area contributed by atoms with Crippen molar-refractivity contribution in [2.75, 3.05) is 26.6 Å². The van der Waals surface area contributed by atoms with Crippen molar-refractivity contribution in [1.29, 1.82) is 0 Å². The number of aromatic nitrogens is 2. The van der Waals surface area contributed by atoms with Gasteiger partial charge in [-0.3, -0.25) is 0 Å². The molecule has 1 aliphatic carbocycles. The van der Waals surface area contributed by atoms with Crippen LogP contribution in [-0.2, 0) is 0 Å². The quantitative estimate of drug-likeness (QED) is 0.882. The lowest BCUT2D eigenvalue weighted by Crippen LogP contribution is -2.02. The summed E-state index contributed by atoms with van der Waals surface area (Å²) in [5.74, 6) is 2.30. The minimum atomic E-state index is 0.162. The first kappa shape index (κ1) is 13.9. The molecule has 6 heteroatoms. The SMILES string of the molecule is CNc1nc(Cl)nc2c1C(C)c1cc(OC)c(OC)cc1-2. The molecule has 0 saturated heterocycles. The van der Waals surface area contributed by atoms with Crippen molar-refractivity contribution >= 4 is 17.4 Å². The van der Waals surface area contributed by atoms with Crippen LogP contribution in [0.15, 0.2) is 12.1 Å². The molecule has 21 heavy (non-hydrogen) atoms. The molecule has 1 aromatic carbocycles. The number of rotatable bonds is 3. The van der Waals surface area contributed by atoms with E-state index < -0.39 is 0 Å². The van der Waals surface area contributed by atoms with Crippen LogP contribution in [0.3, 0.4) is 0 Å². The number of methoxy groups -OCH3 is 2. The average molecular weight is 306 g/mol. The van der Waals surface area contributed by atoms with E-state index in [0.717, 1.165) is 28.2 Å². The molecule has 110 valence electrons. The van der Waals surface area contributed by atoms with Gasteiger partial charge in [-0.05, 0) is 29.3 Å². The largest absolute Gasteiger partial charge is 0.493 e. The lowest BCUT2D eigenvalue weighted by atomic mass is 9.99.